The van der Waals surface area contributed by atoms with E-state index in [9.17, 15) is 9.59 Å². The van der Waals surface area contributed by atoms with E-state index in [2.05, 4.69) is 20.7 Å². The molecule has 0 aliphatic carbocycles. The molecule has 28 heavy (non-hydrogen) atoms. The first-order chi connectivity index (χ1) is 13.5. The summed E-state index contributed by atoms with van der Waals surface area (Å²) in [4.78, 5) is 23.8. The summed E-state index contributed by atoms with van der Waals surface area (Å²) in [5.41, 5.74) is 8.47. The van der Waals surface area contributed by atoms with Crippen molar-refractivity contribution in [1.82, 2.24) is 15.6 Å². The number of hydrogen-bond acceptors (Lipinski definition) is 10. The summed E-state index contributed by atoms with van der Waals surface area (Å²) in [5, 5.41) is 12.1. The van der Waals surface area contributed by atoms with Crippen LogP contribution in [0.5, 0.6) is 11.5 Å². The Morgan fingerprint density at radius 3 is 2.86 bits per heavy atom. The number of nitrogens with zero attached hydrogens (tertiary/aromatic N) is 3. The van der Waals surface area contributed by atoms with E-state index in [1.165, 1.54) is 25.7 Å². The van der Waals surface area contributed by atoms with Gasteiger partial charge in [-0.3, -0.25) is 4.79 Å². The maximum absolute atomic E-state index is 12.0. The van der Waals surface area contributed by atoms with E-state index in [1.54, 1.807) is 24.3 Å². The summed E-state index contributed by atoms with van der Waals surface area (Å²) in [5.74, 6) is -0.385. The van der Waals surface area contributed by atoms with Gasteiger partial charge in [0.05, 0.1) is 26.0 Å². The number of nitrogens with one attached hydrogen (secondary N) is 1. The highest BCUT2D eigenvalue weighted by Gasteiger charge is 2.15. The summed E-state index contributed by atoms with van der Waals surface area (Å²) in [7, 11) is 1.44. The number of hydrogen-bond donors (Lipinski definition) is 2. The van der Waals surface area contributed by atoms with Crippen LogP contribution < -0.4 is 20.6 Å². The molecule has 0 unspecified atom stereocenters. The monoisotopic (exact) mass is 401 g/mol. The van der Waals surface area contributed by atoms with Gasteiger partial charge in [0.2, 0.25) is 16.8 Å². The number of amides is 1. The highest BCUT2D eigenvalue weighted by molar-refractivity contribution is 7.15. The quantitative estimate of drug-likeness (QED) is 0.263. The topological polar surface area (TPSA) is 142 Å². The Labute approximate surface area is 163 Å². The molecule has 0 bridgehead atoms. The zero-order valence-electron chi connectivity index (χ0n) is 14.6. The highest BCUT2D eigenvalue weighted by atomic mass is 32.1. The fraction of sp³-hybridized carbons (Fsp3) is 0.118. The number of esters is 1. The van der Waals surface area contributed by atoms with Crippen LogP contribution in [0.4, 0.5) is 5.13 Å². The van der Waals surface area contributed by atoms with Crippen LogP contribution in [0, 0.1) is 0 Å². The molecule has 3 aromatic rings. The smallest absolute Gasteiger partial charge is 0.379 e. The number of benzene rings is 1. The number of nitrogens with two attached hydrogens (primary N) is 1. The molecule has 1 aromatic carbocycles. The lowest BCUT2D eigenvalue weighted by Gasteiger charge is -2.08. The van der Waals surface area contributed by atoms with Crippen molar-refractivity contribution < 1.29 is 23.5 Å². The van der Waals surface area contributed by atoms with E-state index in [-0.39, 0.29) is 23.8 Å². The van der Waals surface area contributed by atoms with Crippen LogP contribution in [0.15, 0.2) is 46.1 Å². The lowest BCUT2D eigenvalue weighted by molar-refractivity contribution is -0.120. The van der Waals surface area contributed by atoms with Gasteiger partial charge in [-0.1, -0.05) is 11.3 Å². The van der Waals surface area contributed by atoms with Crippen molar-refractivity contribution in [3.63, 3.8) is 0 Å². The molecule has 0 atom stereocenters. The Morgan fingerprint density at radius 2 is 2.18 bits per heavy atom. The van der Waals surface area contributed by atoms with Crippen molar-refractivity contribution in [3.8, 4) is 11.5 Å². The largest absolute Gasteiger partial charge is 0.493 e. The maximum Gasteiger partial charge on any atom is 0.379 e. The summed E-state index contributed by atoms with van der Waals surface area (Å²) in [6.07, 6.45) is 2.83. The number of carbonyl (C=O) groups is 2. The van der Waals surface area contributed by atoms with Crippen molar-refractivity contribution >= 4 is 34.6 Å². The van der Waals surface area contributed by atoms with Gasteiger partial charge in [0.1, 0.15) is 5.01 Å². The Morgan fingerprint density at radius 1 is 1.32 bits per heavy atom. The minimum atomic E-state index is -0.644. The fourth-order valence-corrected chi connectivity index (χ4v) is 2.70. The van der Waals surface area contributed by atoms with Crippen LogP contribution in [0.2, 0.25) is 0 Å². The molecule has 0 fully saturated rings. The third-order valence-corrected chi connectivity index (χ3v) is 4.06. The van der Waals surface area contributed by atoms with Crippen molar-refractivity contribution in [3.05, 3.63) is 52.9 Å². The molecule has 2 heterocycles. The third kappa shape index (κ3) is 4.92. The number of aromatic nitrogens is 2. The minimum absolute atomic E-state index is 0.0250. The SMILES string of the molecule is COc1cc(/C=N/NC(=O)Cc2nnc(N)s2)ccc1OC(=O)c1ccco1. The van der Waals surface area contributed by atoms with Crippen LogP contribution in [0.25, 0.3) is 0 Å². The number of carbonyl (C=O) groups excluding carboxylic acids is 2. The first kappa shape index (κ1) is 19.0. The summed E-state index contributed by atoms with van der Waals surface area (Å²) in [6, 6.07) is 7.88. The Balaban J connectivity index is 1.60. The molecule has 0 saturated heterocycles. The molecular weight excluding hydrogens is 386 g/mol. The van der Waals surface area contributed by atoms with Crippen LogP contribution in [-0.4, -0.2) is 35.4 Å². The first-order valence-corrected chi connectivity index (χ1v) is 8.70. The zero-order valence-corrected chi connectivity index (χ0v) is 15.4. The average molecular weight is 401 g/mol. The van der Waals surface area contributed by atoms with Crippen molar-refractivity contribution in [2.45, 2.75) is 6.42 Å². The van der Waals surface area contributed by atoms with E-state index in [4.69, 9.17) is 19.6 Å². The molecule has 3 rings (SSSR count). The van der Waals surface area contributed by atoms with Crippen LogP contribution in [-0.2, 0) is 11.2 Å². The number of ether oxygens (including phenoxy) is 2. The molecule has 10 nitrogen and oxygen atoms in total. The number of methoxy groups -OCH3 is 1. The van der Waals surface area contributed by atoms with Gasteiger partial charge in [0.25, 0.3) is 0 Å². The van der Waals surface area contributed by atoms with Gasteiger partial charge in [-0.2, -0.15) is 5.10 Å². The molecule has 144 valence electrons. The molecule has 1 amide bonds. The number of rotatable bonds is 7. The average Bonchev–Trinajstić information content (AvgIpc) is 3.34. The van der Waals surface area contributed by atoms with E-state index in [1.807, 2.05) is 0 Å². The maximum atomic E-state index is 12.0. The van der Waals surface area contributed by atoms with Crippen molar-refractivity contribution in [2.75, 3.05) is 12.8 Å². The standard InChI is InChI=1S/C17H15N5O5S/c1-25-13-7-10(4-5-11(13)27-16(24)12-3-2-6-26-12)9-19-20-14(23)8-15-21-22-17(18)28-15/h2-7,9H,8H2,1H3,(H2,18,22)(H,20,23)/b19-9+. The van der Waals surface area contributed by atoms with Gasteiger partial charge >= 0.3 is 5.97 Å². The van der Waals surface area contributed by atoms with Crippen molar-refractivity contribution in [1.29, 1.82) is 0 Å². The lowest BCUT2D eigenvalue weighted by atomic mass is 10.2. The highest BCUT2D eigenvalue weighted by Crippen LogP contribution is 2.28. The molecular formula is C17H15N5O5S. The molecule has 0 spiro atoms. The minimum Gasteiger partial charge on any atom is -0.493 e. The van der Waals surface area contributed by atoms with Gasteiger partial charge in [-0.05, 0) is 35.9 Å². The Hall–Kier alpha value is -3.73. The second kappa shape index (κ2) is 8.77. The number of nitrogen functional groups attached to an aromatic ring is 1. The van der Waals surface area contributed by atoms with Crippen LogP contribution >= 0.6 is 11.3 Å². The van der Waals surface area contributed by atoms with Gasteiger partial charge < -0.3 is 19.6 Å². The van der Waals surface area contributed by atoms with Gasteiger partial charge in [-0.25, -0.2) is 10.2 Å². The zero-order chi connectivity index (χ0) is 19.9. The number of hydrazone groups is 1. The number of anilines is 1. The molecule has 11 heteroatoms. The second-order valence-electron chi connectivity index (χ2n) is 5.28. The predicted octanol–water partition coefficient (Wildman–Crippen LogP) is 1.63. The summed E-state index contributed by atoms with van der Waals surface area (Å²) >= 11 is 1.13. The molecule has 3 N–H and O–H groups in total. The van der Waals surface area contributed by atoms with Gasteiger partial charge in [0, 0.05) is 0 Å². The molecule has 2 aromatic heterocycles. The van der Waals surface area contributed by atoms with Crippen LogP contribution in [0.1, 0.15) is 21.1 Å². The predicted molar refractivity (Wildman–Crippen MR) is 100 cm³/mol. The summed E-state index contributed by atoms with van der Waals surface area (Å²) in [6.45, 7) is 0. The fourth-order valence-electron chi connectivity index (χ4n) is 2.09. The second-order valence-corrected chi connectivity index (χ2v) is 6.37. The van der Waals surface area contributed by atoms with Crippen LogP contribution in [0.3, 0.4) is 0 Å². The number of furan rings is 1. The van der Waals surface area contributed by atoms with E-state index >= 15 is 0 Å². The van der Waals surface area contributed by atoms with Gasteiger partial charge in [-0.15, -0.1) is 10.2 Å². The van der Waals surface area contributed by atoms with E-state index in [0.29, 0.717) is 21.5 Å². The molecule has 0 saturated carbocycles. The van der Waals surface area contributed by atoms with E-state index < -0.39 is 5.97 Å². The normalized spacial score (nSPS) is 10.8. The first-order valence-electron chi connectivity index (χ1n) is 7.88. The van der Waals surface area contributed by atoms with Gasteiger partial charge in [0.15, 0.2) is 11.5 Å². The molecule has 0 radical (unpaired) electrons. The van der Waals surface area contributed by atoms with Crippen molar-refractivity contribution in [2.24, 2.45) is 5.10 Å². The molecule has 0 aliphatic heterocycles. The Bertz CT molecular complexity index is 999. The van der Waals surface area contributed by atoms with E-state index in [0.717, 1.165) is 11.3 Å². The molecule has 0 aliphatic rings. The summed E-state index contributed by atoms with van der Waals surface area (Å²) < 4.78 is 15.5. The lowest BCUT2D eigenvalue weighted by Crippen LogP contribution is -2.19. The Kier molecular flexibility index (Phi) is 5.97. The third-order valence-electron chi connectivity index (χ3n) is 3.31.